The highest BCUT2D eigenvalue weighted by Crippen LogP contribution is 2.25. The lowest BCUT2D eigenvalue weighted by Crippen LogP contribution is -1.96. The van der Waals surface area contributed by atoms with Crippen molar-refractivity contribution >= 4 is 28.0 Å². The standard InChI is InChI=1S/C16H17NO/c1-12(10-11-13(2)18)17-16-9-5-7-14-6-3-4-8-15(14)16/h3-9H,10-11H2,1-2H3. The first-order valence-electron chi connectivity index (χ1n) is 6.18. The Morgan fingerprint density at radius 2 is 1.72 bits per heavy atom. The van der Waals surface area contributed by atoms with Crippen LogP contribution in [0.3, 0.4) is 0 Å². The Morgan fingerprint density at radius 1 is 1.00 bits per heavy atom. The molecule has 0 atom stereocenters. The zero-order chi connectivity index (χ0) is 13.0. The van der Waals surface area contributed by atoms with E-state index in [0.717, 1.165) is 23.2 Å². The van der Waals surface area contributed by atoms with Crippen LogP contribution in [0, 0.1) is 0 Å². The van der Waals surface area contributed by atoms with Crippen molar-refractivity contribution in [3.63, 3.8) is 0 Å². The summed E-state index contributed by atoms with van der Waals surface area (Å²) < 4.78 is 0. The van der Waals surface area contributed by atoms with Gasteiger partial charge in [0.05, 0.1) is 5.69 Å². The van der Waals surface area contributed by atoms with Gasteiger partial charge >= 0.3 is 0 Å². The number of nitrogens with zero attached hydrogens (tertiary/aromatic N) is 1. The molecule has 0 aliphatic rings. The second-order valence-corrected chi connectivity index (χ2v) is 4.55. The van der Waals surface area contributed by atoms with Crippen molar-refractivity contribution in [3.05, 3.63) is 42.5 Å². The van der Waals surface area contributed by atoms with Crippen molar-refractivity contribution in [2.75, 3.05) is 0 Å². The maximum atomic E-state index is 11.0. The Labute approximate surface area is 107 Å². The number of benzene rings is 2. The number of fused-ring (bicyclic) bond motifs is 1. The van der Waals surface area contributed by atoms with Crippen LogP contribution in [0.25, 0.3) is 10.8 Å². The van der Waals surface area contributed by atoms with E-state index < -0.39 is 0 Å². The van der Waals surface area contributed by atoms with Crippen LogP contribution in [0.4, 0.5) is 5.69 Å². The summed E-state index contributed by atoms with van der Waals surface area (Å²) in [5, 5.41) is 2.35. The Hall–Kier alpha value is -1.96. The van der Waals surface area contributed by atoms with E-state index in [0.29, 0.717) is 6.42 Å². The molecular weight excluding hydrogens is 222 g/mol. The van der Waals surface area contributed by atoms with Crippen LogP contribution < -0.4 is 0 Å². The van der Waals surface area contributed by atoms with Gasteiger partial charge in [-0.3, -0.25) is 4.99 Å². The van der Waals surface area contributed by atoms with Crippen LogP contribution in [-0.4, -0.2) is 11.5 Å². The predicted octanol–water partition coefficient (Wildman–Crippen LogP) is 4.30. The summed E-state index contributed by atoms with van der Waals surface area (Å²) in [5.74, 6) is 0.211. The average Bonchev–Trinajstić information content (AvgIpc) is 2.37. The van der Waals surface area contributed by atoms with Gasteiger partial charge in [0.15, 0.2) is 0 Å². The number of rotatable bonds is 4. The second kappa shape index (κ2) is 5.58. The van der Waals surface area contributed by atoms with Crippen LogP contribution in [0.5, 0.6) is 0 Å². The summed E-state index contributed by atoms with van der Waals surface area (Å²) in [6, 6.07) is 14.3. The van der Waals surface area contributed by atoms with E-state index in [1.807, 2.05) is 31.2 Å². The number of Topliss-reactive ketones (excluding diaryl/α,β-unsaturated/α-hetero) is 1. The van der Waals surface area contributed by atoms with Crippen LogP contribution in [0.2, 0.25) is 0 Å². The Bertz CT molecular complexity index is 594. The zero-order valence-electron chi connectivity index (χ0n) is 10.8. The van der Waals surface area contributed by atoms with Crippen LogP contribution >= 0.6 is 0 Å². The summed E-state index contributed by atoms with van der Waals surface area (Å²) in [6.07, 6.45) is 1.30. The van der Waals surface area contributed by atoms with Crippen molar-refractivity contribution in [2.45, 2.75) is 26.7 Å². The topological polar surface area (TPSA) is 29.4 Å². The fourth-order valence-electron chi connectivity index (χ4n) is 1.92. The molecule has 0 fully saturated rings. The highest BCUT2D eigenvalue weighted by molar-refractivity contribution is 5.96. The third-order valence-electron chi connectivity index (χ3n) is 2.92. The predicted molar refractivity (Wildman–Crippen MR) is 76.6 cm³/mol. The summed E-state index contributed by atoms with van der Waals surface area (Å²) in [5.41, 5.74) is 1.98. The highest BCUT2D eigenvalue weighted by Gasteiger charge is 2.00. The molecular formula is C16H17NO. The molecule has 0 radical (unpaired) electrons. The molecule has 0 aliphatic heterocycles. The Kier molecular flexibility index (Phi) is 3.88. The van der Waals surface area contributed by atoms with Gasteiger partial charge in [-0.25, -0.2) is 0 Å². The molecule has 0 N–H and O–H groups in total. The van der Waals surface area contributed by atoms with E-state index in [9.17, 15) is 4.79 Å². The molecule has 0 unspecified atom stereocenters. The van der Waals surface area contributed by atoms with Crippen molar-refractivity contribution in [3.8, 4) is 0 Å². The Morgan fingerprint density at radius 3 is 2.50 bits per heavy atom. The fourth-order valence-corrected chi connectivity index (χ4v) is 1.92. The Balaban J connectivity index is 2.31. The van der Waals surface area contributed by atoms with Gasteiger partial charge in [-0.2, -0.15) is 0 Å². The van der Waals surface area contributed by atoms with Crippen LogP contribution in [-0.2, 0) is 4.79 Å². The minimum absolute atomic E-state index is 0.211. The highest BCUT2D eigenvalue weighted by atomic mass is 16.1. The number of hydrogen-bond acceptors (Lipinski definition) is 2. The quantitative estimate of drug-likeness (QED) is 0.731. The molecule has 2 nitrogen and oxygen atoms in total. The number of carbonyl (C=O) groups excluding carboxylic acids is 1. The van der Waals surface area contributed by atoms with Gasteiger partial charge in [0.25, 0.3) is 0 Å². The molecule has 0 bridgehead atoms. The number of aliphatic imine (C=N–C) groups is 1. The van der Waals surface area contributed by atoms with E-state index in [2.05, 4.69) is 23.2 Å². The molecule has 2 heteroatoms. The molecule has 0 spiro atoms. The maximum Gasteiger partial charge on any atom is 0.130 e. The average molecular weight is 239 g/mol. The summed E-state index contributed by atoms with van der Waals surface area (Å²) in [6.45, 7) is 3.59. The molecule has 0 heterocycles. The first-order chi connectivity index (χ1) is 8.66. The summed E-state index contributed by atoms with van der Waals surface area (Å²) in [4.78, 5) is 15.6. The SMILES string of the molecule is CC(=O)CCC(C)=Nc1cccc2ccccc12. The lowest BCUT2D eigenvalue weighted by molar-refractivity contribution is -0.116. The van der Waals surface area contributed by atoms with Crippen LogP contribution in [0.15, 0.2) is 47.5 Å². The molecule has 2 aromatic rings. The lowest BCUT2D eigenvalue weighted by Gasteiger charge is -2.03. The van der Waals surface area contributed by atoms with Gasteiger partial charge in [0.1, 0.15) is 5.78 Å². The van der Waals surface area contributed by atoms with E-state index in [4.69, 9.17) is 0 Å². The smallest absolute Gasteiger partial charge is 0.130 e. The van der Waals surface area contributed by atoms with Crippen molar-refractivity contribution in [2.24, 2.45) is 4.99 Å². The van der Waals surface area contributed by atoms with Crippen LogP contribution in [0.1, 0.15) is 26.7 Å². The lowest BCUT2D eigenvalue weighted by atomic mass is 10.1. The van der Waals surface area contributed by atoms with Crippen molar-refractivity contribution in [1.29, 1.82) is 0 Å². The molecule has 0 aliphatic carbocycles. The number of hydrogen-bond donors (Lipinski definition) is 0. The third kappa shape index (κ3) is 3.04. The van der Waals surface area contributed by atoms with Crippen molar-refractivity contribution in [1.82, 2.24) is 0 Å². The second-order valence-electron chi connectivity index (χ2n) is 4.55. The monoisotopic (exact) mass is 239 g/mol. The van der Waals surface area contributed by atoms with E-state index >= 15 is 0 Å². The molecule has 0 aromatic heterocycles. The summed E-state index contributed by atoms with van der Waals surface area (Å²) in [7, 11) is 0. The van der Waals surface area contributed by atoms with E-state index in [1.54, 1.807) is 6.92 Å². The first kappa shape index (κ1) is 12.5. The van der Waals surface area contributed by atoms with Gasteiger partial charge in [0, 0.05) is 17.5 Å². The normalized spacial score (nSPS) is 11.8. The maximum absolute atomic E-state index is 11.0. The molecule has 0 saturated heterocycles. The molecule has 18 heavy (non-hydrogen) atoms. The number of ketones is 1. The minimum Gasteiger partial charge on any atom is -0.300 e. The zero-order valence-corrected chi connectivity index (χ0v) is 10.8. The summed E-state index contributed by atoms with van der Waals surface area (Å²) >= 11 is 0. The van der Waals surface area contributed by atoms with Gasteiger partial charge in [-0.1, -0.05) is 36.4 Å². The molecule has 0 saturated carbocycles. The van der Waals surface area contributed by atoms with E-state index in [-0.39, 0.29) is 5.78 Å². The molecule has 92 valence electrons. The van der Waals surface area contributed by atoms with Gasteiger partial charge in [-0.05, 0) is 31.7 Å². The number of carbonyl (C=O) groups is 1. The molecule has 2 rings (SSSR count). The fraction of sp³-hybridized carbons (Fsp3) is 0.250. The molecule has 0 amide bonds. The largest absolute Gasteiger partial charge is 0.300 e. The first-order valence-corrected chi connectivity index (χ1v) is 6.18. The molecule has 2 aromatic carbocycles. The van der Waals surface area contributed by atoms with E-state index in [1.165, 1.54) is 5.39 Å². The van der Waals surface area contributed by atoms with Gasteiger partial charge in [-0.15, -0.1) is 0 Å². The van der Waals surface area contributed by atoms with Gasteiger partial charge < -0.3 is 4.79 Å². The third-order valence-corrected chi connectivity index (χ3v) is 2.92. The van der Waals surface area contributed by atoms with Crippen molar-refractivity contribution < 1.29 is 4.79 Å². The minimum atomic E-state index is 0.211. The van der Waals surface area contributed by atoms with Gasteiger partial charge in [0.2, 0.25) is 0 Å².